The van der Waals surface area contributed by atoms with Crippen LogP contribution in [0, 0.1) is 11.7 Å². The lowest BCUT2D eigenvalue weighted by molar-refractivity contribution is -0.136. The highest BCUT2D eigenvalue weighted by molar-refractivity contribution is 5.67. The summed E-state index contributed by atoms with van der Waals surface area (Å²) < 4.78 is 30.7. The van der Waals surface area contributed by atoms with E-state index < -0.39 is 11.8 Å². The lowest BCUT2D eigenvalue weighted by Gasteiger charge is -2.10. The first-order valence-electron chi connectivity index (χ1n) is 9.79. The van der Waals surface area contributed by atoms with Crippen LogP contribution >= 0.6 is 0 Å². The highest BCUT2D eigenvalue weighted by atomic mass is 19.1. The van der Waals surface area contributed by atoms with Crippen molar-refractivity contribution in [2.45, 2.75) is 39.7 Å². The van der Waals surface area contributed by atoms with Gasteiger partial charge in [0.25, 0.3) is 0 Å². The fraction of sp³-hybridized carbons (Fsp3) is 0.348. The molecule has 0 unspecified atom stereocenters. The summed E-state index contributed by atoms with van der Waals surface area (Å²) in [6.07, 6.45) is 5.17. The van der Waals surface area contributed by atoms with Gasteiger partial charge in [0.05, 0.1) is 18.9 Å². The maximum atomic E-state index is 14.4. The number of rotatable bonds is 12. The molecule has 0 aromatic carbocycles. The second-order valence-corrected chi connectivity index (χ2v) is 7.31. The van der Waals surface area contributed by atoms with Gasteiger partial charge in [0.2, 0.25) is 5.88 Å². The number of carboxylic acids is 1. The third kappa shape index (κ3) is 6.80. The first-order chi connectivity index (χ1) is 14.7. The van der Waals surface area contributed by atoms with Gasteiger partial charge in [-0.1, -0.05) is 38.2 Å². The Kier molecular flexibility index (Phi) is 8.54. The van der Waals surface area contributed by atoms with E-state index in [9.17, 15) is 9.18 Å². The summed E-state index contributed by atoms with van der Waals surface area (Å²) in [5, 5.41) is 12.9. The van der Waals surface area contributed by atoms with Gasteiger partial charge in [-0.2, -0.15) is 0 Å². The zero-order valence-electron chi connectivity index (χ0n) is 18.0. The van der Waals surface area contributed by atoms with Gasteiger partial charge in [-0.05, 0) is 30.4 Å². The lowest BCUT2D eigenvalue weighted by Crippen LogP contribution is -2.02. The number of ether oxygens (including phenoxy) is 2. The van der Waals surface area contributed by atoms with Crippen molar-refractivity contribution < 1.29 is 28.3 Å². The first kappa shape index (κ1) is 23.9. The van der Waals surface area contributed by atoms with Crippen LogP contribution in [0.2, 0.25) is 0 Å². The van der Waals surface area contributed by atoms with Gasteiger partial charge >= 0.3 is 5.97 Å². The van der Waals surface area contributed by atoms with Crippen LogP contribution in [0.5, 0.6) is 5.88 Å². The molecule has 7 nitrogen and oxygen atoms in total. The quantitative estimate of drug-likeness (QED) is 0.370. The van der Waals surface area contributed by atoms with E-state index in [0.717, 1.165) is 11.8 Å². The summed E-state index contributed by atoms with van der Waals surface area (Å²) in [6.45, 7) is 11.7. The largest absolute Gasteiger partial charge is 0.488 e. The van der Waals surface area contributed by atoms with Crippen LogP contribution in [0.1, 0.15) is 37.9 Å². The van der Waals surface area contributed by atoms with Gasteiger partial charge in [-0.3, -0.25) is 4.79 Å². The number of halogens is 1. The minimum absolute atomic E-state index is 0.0166. The Labute approximate surface area is 180 Å². The van der Waals surface area contributed by atoms with Crippen molar-refractivity contribution in [3.8, 4) is 17.2 Å². The van der Waals surface area contributed by atoms with Crippen molar-refractivity contribution in [3.63, 3.8) is 0 Å². The van der Waals surface area contributed by atoms with Crippen LogP contribution in [-0.4, -0.2) is 28.3 Å². The molecule has 0 fully saturated rings. The van der Waals surface area contributed by atoms with Crippen LogP contribution in [-0.2, 0) is 22.6 Å². The Bertz CT molecular complexity index is 978. The molecule has 2 aromatic heterocycles. The van der Waals surface area contributed by atoms with E-state index in [1.807, 2.05) is 13.8 Å². The molecule has 0 amide bonds. The van der Waals surface area contributed by atoms with E-state index in [1.165, 1.54) is 13.2 Å². The molecule has 166 valence electrons. The maximum Gasteiger partial charge on any atom is 0.303 e. The highest BCUT2D eigenvalue weighted by Crippen LogP contribution is 2.32. The van der Waals surface area contributed by atoms with Crippen molar-refractivity contribution in [2.75, 3.05) is 7.11 Å². The minimum atomic E-state index is -0.896. The molecule has 0 saturated heterocycles. The number of carboxylic acid groups (broad SMARTS) is 1. The molecule has 0 aliphatic heterocycles. The fourth-order valence-corrected chi connectivity index (χ4v) is 2.89. The van der Waals surface area contributed by atoms with Gasteiger partial charge in [-0.15, -0.1) is 0 Å². The van der Waals surface area contributed by atoms with E-state index in [1.54, 1.807) is 12.2 Å². The summed E-state index contributed by atoms with van der Waals surface area (Å²) in [5.41, 5.74) is 2.16. The van der Waals surface area contributed by atoms with Crippen LogP contribution in [0.4, 0.5) is 4.39 Å². The molecule has 8 heteroatoms. The summed E-state index contributed by atoms with van der Waals surface area (Å²) in [6, 6.07) is 1.46. The van der Waals surface area contributed by atoms with E-state index in [4.69, 9.17) is 19.1 Å². The molecule has 31 heavy (non-hydrogen) atoms. The topological polar surface area (TPSA) is 94.7 Å². The van der Waals surface area contributed by atoms with Crippen molar-refractivity contribution >= 4 is 5.97 Å². The average molecular weight is 430 g/mol. The normalized spacial score (nSPS) is 11.5. The van der Waals surface area contributed by atoms with Crippen LogP contribution in [0.3, 0.4) is 0 Å². The second-order valence-electron chi connectivity index (χ2n) is 7.31. The molecule has 1 N–H and O–H groups in total. The number of hydrogen-bond donors (Lipinski definition) is 1. The van der Waals surface area contributed by atoms with Crippen molar-refractivity contribution in [2.24, 2.45) is 5.92 Å². The van der Waals surface area contributed by atoms with Gasteiger partial charge in [0.1, 0.15) is 18.1 Å². The SMILES string of the molecule is C=C/C(=C\C(=C)OCc1noc(-c2cc(OC)ncc2F)c1CC(C)C)CCC(=O)O. The first-order valence-corrected chi connectivity index (χ1v) is 9.79. The molecule has 0 radical (unpaired) electrons. The zero-order valence-corrected chi connectivity index (χ0v) is 18.0. The van der Waals surface area contributed by atoms with Gasteiger partial charge in [0.15, 0.2) is 11.6 Å². The summed E-state index contributed by atoms with van der Waals surface area (Å²) in [7, 11) is 1.45. The minimum Gasteiger partial charge on any atom is -0.488 e. The third-order valence-electron chi connectivity index (χ3n) is 4.40. The van der Waals surface area contributed by atoms with Crippen molar-refractivity contribution in [3.05, 3.63) is 66.0 Å². The molecule has 0 spiro atoms. The van der Waals surface area contributed by atoms with E-state index in [0.29, 0.717) is 35.6 Å². The molecule has 0 saturated carbocycles. The number of aliphatic carboxylic acids is 1. The van der Waals surface area contributed by atoms with E-state index >= 15 is 0 Å². The Balaban J connectivity index is 2.25. The van der Waals surface area contributed by atoms with Crippen LogP contribution in [0.25, 0.3) is 11.3 Å². The fourth-order valence-electron chi connectivity index (χ4n) is 2.89. The Morgan fingerprint density at radius 1 is 1.39 bits per heavy atom. The number of methoxy groups -OCH3 is 1. The predicted molar refractivity (Wildman–Crippen MR) is 114 cm³/mol. The highest BCUT2D eigenvalue weighted by Gasteiger charge is 2.22. The van der Waals surface area contributed by atoms with E-state index in [2.05, 4.69) is 23.3 Å². The Morgan fingerprint density at radius 3 is 2.74 bits per heavy atom. The van der Waals surface area contributed by atoms with Crippen molar-refractivity contribution in [1.29, 1.82) is 0 Å². The molecular formula is C23H27FN2O5. The Morgan fingerprint density at radius 2 is 2.13 bits per heavy atom. The van der Waals surface area contributed by atoms with Crippen LogP contribution in [0.15, 0.2) is 53.4 Å². The smallest absolute Gasteiger partial charge is 0.303 e. The van der Waals surface area contributed by atoms with Gasteiger partial charge in [0, 0.05) is 18.1 Å². The molecule has 0 aliphatic rings. The molecule has 0 bridgehead atoms. The maximum absolute atomic E-state index is 14.4. The predicted octanol–water partition coefficient (Wildman–Crippen LogP) is 5.09. The van der Waals surface area contributed by atoms with Gasteiger partial charge < -0.3 is 19.1 Å². The second kappa shape index (κ2) is 11.1. The van der Waals surface area contributed by atoms with Crippen molar-refractivity contribution in [1.82, 2.24) is 10.1 Å². The zero-order chi connectivity index (χ0) is 23.0. The molecule has 2 aromatic rings. The monoisotopic (exact) mass is 430 g/mol. The number of allylic oxidation sites excluding steroid dienone is 3. The number of pyridine rings is 1. The summed E-state index contributed by atoms with van der Waals surface area (Å²) in [5.74, 6) is -0.284. The average Bonchev–Trinajstić information content (AvgIpc) is 3.11. The number of hydrogen-bond acceptors (Lipinski definition) is 6. The van der Waals surface area contributed by atoms with Gasteiger partial charge in [-0.25, -0.2) is 9.37 Å². The van der Waals surface area contributed by atoms with E-state index in [-0.39, 0.29) is 30.4 Å². The number of nitrogens with zero attached hydrogens (tertiary/aromatic N) is 2. The molecule has 2 rings (SSSR count). The number of carbonyl (C=O) groups is 1. The molecule has 0 atom stereocenters. The lowest BCUT2D eigenvalue weighted by atomic mass is 9.98. The third-order valence-corrected chi connectivity index (χ3v) is 4.40. The molecule has 0 aliphatic carbocycles. The molecular weight excluding hydrogens is 403 g/mol. The Hall–Kier alpha value is -3.42. The molecule has 2 heterocycles. The number of aromatic nitrogens is 2. The summed E-state index contributed by atoms with van der Waals surface area (Å²) in [4.78, 5) is 14.6. The standard InChI is InChI=1S/C23H27FN2O5/c1-6-16(7-8-22(27)28)10-15(4)30-13-20-18(9-14(2)3)23(31-26-20)17-11-21(29-5)25-12-19(17)24/h6,10-12,14H,1,4,7-9,13H2,2-3,5H3,(H,27,28)/b16-10+. The summed E-state index contributed by atoms with van der Waals surface area (Å²) >= 11 is 0. The van der Waals surface area contributed by atoms with Crippen LogP contribution < -0.4 is 4.74 Å².